The van der Waals surface area contributed by atoms with Crippen molar-refractivity contribution in [3.05, 3.63) is 51.3 Å². The van der Waals surface area contributed by atoms with Gasteiger partial charge in [-0.3, -0.25) is 4.72 Å². The van der Waals surface area contributed by atoms with E-state index in [2.05, 4.69) is 25.6 Å². The topological polar surface area (TPSA) is 59.1 Å². The van der Waals surface area contributed by atoms with Crippen molar-refractivity contribution < 1.29 is 12.8 Å². The van der Waals surface area contributed by atoms with Crippen LogP contribution in [-0.2, 0) is 10.0 Å². The smallest absolute Gasteiger partial charge is 0.263 e. The van der Waals surface area contributed by atoms with Gasteiger partial charge in [-0.1, -0.05) is 11.6 Å². The second-order valence-electron chi connectivity index (χ2n) is 4.00. The lowest BCUT2D eigenvalue weighted by atomic mass is 10.3. The Morgan fingerprint density at radius 2 is 2.05 bits per heavy atom. The fourth-order valence-electron chi connectivity index (χ4n) is 1.51. The number of nitrogens with one attached hydrogen (secondary N) is 1. The van der Waals surface area contributed by atoms with Gasteiger partial charge in [-0.25, -0.2) is 17.8 Å². The number of anilines is 1. The first-order valence-corrected chi connectivity index (χ1v) is 8.05. The summed E-state index contributed by atoms with van der Waals surface area (Å²) in [5, 5.41) is -0.0614. The molecule has 0 bridgehead atoms. The Morgan fingerprint density at radius 3 is 2.70 bits per heavy atom. The zero-order valence-corrected chi connectivity index (χ0v) is 13.4. The largest absolute Gasteiger partial charge is 0.264 e. The van der Waals surface area contributed by atoms with Gasteiger partial charge in [0.05, 0.1) is 5.02 Å². The number of aryl methyl sites for hydroxylation is 1. The van der Waals surface area contributed by atoms with Crippen LogP contribution in [0.1, 0.15) is 5.56 Å². The highest BCUT2D eigenvalue weighted by molar-refractivity contribution is 9.10. The Bertz CT molecular complexity index is 768. The Hall–Kier alpha value is -1.18. The molecule has 0 aliphatic heterocycles. The van der Waals surface area contributed by atoms with E-state index < -0.39 is 15.8 Å². The highest BCUT2D eigenvalue weighted by atomic mass is 79.9. The summed E-state index contributed by atoms with van der Waals surface area (Å²) in [7, 11) is -4.00. The van der Waals surface area contributed by atoms with E-state index in [1.165, 1.54) is 12.3 Å². The number of hydrogen-bond acceptors (Lipinski definition) is 3. The summed E-state index contributed by atoms with van der Waals surface area (Å²) in [6.45, 7) is 1.70. The van der Waals surface area contributed by atoms with E-state index in [1.807, 2.05) is 0 Å². The minimum atomic E-state index is -4.00. The average molecular weight is 380 g/mol. The summed E-state index contributed by atoms with van der Waals surface area (Å²) in [6, 6.07) is 4.84. The third-order valence-corrected chi connectivity index (χ3v) is 4.71. The first-order chi connectivity index (χ1) is 9.29. The lowest BCUT2D eigenvalue weighted by molar-refractivity contribution is 0.595. The minimum absolute atomic E-state index is 0.0614. The molecule has 1 N–H and O–H groups in total. The molecule has 0 aliphatic carbocycles. The maximum atomic E-state index is 13.2. The molecule has 0 radical (unpaired) electrons. The van der Waals surface area contributed by atoms with Crippen LogP contribution in [0.25, 0.3) is 0 Å². The van der Waals surface area contributed by atoms with Crippen LogP contribution in [0.4, 0.5) is 10.2 Å². The summed E-state index contributed by atoms with van der Waals surface area (Å²) in [5.74, 6) is -0.524. The van der Waals surface area contributed by atoms with Crippen molar-refractivity contribution >= 4 is 43.4 Å². The molecule has 0 aliphatic rings. The number of nitrogens with zero attached hydrogens (tertiary/aromatic N) is 1. The summed E-state index contributed by atoms with van der Waals surface area (Å²) in [4.78, 5) is 3.64. The predicted octanol–water partition coefficient (Wildman–Crippen LogP) is 3.75. The van der Waals surface area contributed by atoms with Crippen molar-refractivity contribution in [1.29, 1.82) is 0 Å². The Morgan fingerprint density at radius 1 is 1.35 bits per heavy atom. The summed E-state index contributed by atoms with van der Waals surface area (Å²) < 4.78 is 40.6. The van der Waals surface area contributed by atoms with E-state index in [-0.39, 0.29) is 15.7 Å². The molecule has 0 saturated heterocycles. The van der Waals surface area contributed by atoms with Crippen molar-refractivity contribution in [3.63, 3.8) is 0 Å². The highest BCUT2D eigenvalue weighted by Gasteiger charge is 2.20. The van der Waals surface area contributed by atoms with Gasteiger partial charge in [0, 0.05) is 10.7 Å². The van der Waals surface area contributed by atoms with Crippen LogP contribution < -0.4 is 4.72 Å². The van der Waals surface area contributed by atoms with E-state index in [4.69, 9.17) is 11.6 Å². The third-order valence-electron chi connectivity index (χ3n) is 2.46. The molecule has 1 aromatic heterocycles. The molecule has 2 aromatic rings. The Balaban J connectivity index is 2.43. The molecule has 4 nitrogen and oxygen atoms in total. The molecular weight excluding hydrogens is 371 g/mol. The summed E-state index contributed by atoms with van der Waals surface area (Å²) in [6.07, 6.45) is 1.46. The fourth-order valence-corrected chi connectivity index (χ4v) is 3.55. The van der Waals surface area contributed by atoms with Gasteiger partial charge in [-0.05, 0) is 52.7 Å². The van der Waals surface area contributed by atoms with E-state index in [0.717, 1.165) is 16.6 Å². The second kappa shape index (κ2) is 5.67. The average Bonchev–Trinajstić information content (AvgIpc) is 2.35. The lowest BCUT2D eigenvalue weighted by Crippen LogP contribution is -2.15. The normalized spacial score (nSPS) is 11.4. The molecule has 0 amide bonds. The standard InChI is InChI=1S/C12H9BrClFN2O2S/c1-7-4-8(13)6-16-12(7)17-20(18,19)11-5-9(15)2-3-10(11)14/h2-6H,1H3,(H,16,17). The molecule has 1 heterocycles. The zero-order chi connectivity index (χ0) is 14.9. The summed E-state index contributed by atoms with van der Waals surface area (Å²) >= 11 is 9.03. The molecule has 20 heavy (non-hydrogen) atoms. The molecular formula is C12H9BrClFN2O2S. The van der Waals surface area contributed by atoms with Gasteiger partial charge in [0.25, 0.3) is 10.0 Å². The second-order valence-corrected chi connectivity index (χ2v) is 6.97. The van der Waals surface area contributed by atoms with Crippen molar-refractivity contribution in [2.45, 2.75) is 11.8 Å². The molecule has 0 unspecified atom stereocenters. The monoisotopic (exact) mass is 378 g/mol. The Kier molecular flexibility index (Phi) is 4.31. The number of rotatable bonds is 3. The van der Waals surface area contributed by atoms with Gasteiger partial charge in [-0.2, -0.15) is 0 Å². The molecule has 1 aromatic carbocycles. The zero-order valence-electron chi connectivity index (χ0n) is 10.2. The number of aromatic nitrogens is 1. The number of benzene rings is 1. The molecule has 106 valence electrons. The van der Waals surface area contributed by atoms with E-state index in [1.54, 1.807) is 13.0 Å². The van der Waals surface area contributed by atoms with Gasteiger partial charge < -0.3 is 0 Å². The fraction of sp³-hybridized carbons (Fsp3) is 0.0833. The van der Waals surface area contributed by atoms with Crippen molar-refractivity contribution in [3.8, 4) is 0 Å². The molecule has 2 rings (SSSR count). The summed E-state index contributed by atoms with van der Waals surface area (Å²) in [5.41, 5.74) is 0.621. The van der Waals surface area contributed by atoms with Crippen LogP contribution in [0.2, 0.25) is 5.02 Å². The maximum Gasteiger partial charge on any atom is 0.264 e. The Labute approximate surface area is 129 Å². The van der Waals surface area contributed by atoms with Gasteiger partial charge in [0.1, 0.15) is 16.5 Å². The van der Waals surface area contributed by atoms with Gasteiger partial charge >= 0.3 is 0 Å². The van der Waals surface area contributed by atoms with Crippen LogP contribution in [0.5, 0.6) is 0 Å². The maximum absolute atomic E-state index is 13.2. The number of halogens is 3. The van der Waals surface area contributed by atoms with Crippen molar-refractivity contribution in [2.24, 2.45) is 0 Å². The highest BCUT2D eigenvalue weighted by Crippen LogP contribution is 2.25. The predicted molar refractivity (Wildman–Crippen MR) is 78.9 cm³/mol. The number of sulfonamides is 1. The van der Waals surface area contributed by atoms with Gasteiger partial charge in [0.2, 0.25) is 0 Å². The SMILES string of the molecule is Cc1cc(Br)cnc1NS(=O)(=O)c1cc(F)ccc1Cl. The molecule has 0 atom stereocenters. The first-order valence-electron chi connectivity index (χ1n) is 5.39. The molecule has 8 heteroatoms. The number of hydrogen-bond donors (Lipinski definition) is 1. The van der Waals surface area contributed by atoms with Crippen molar-refractivity contribution in [2.75, 3.05) is 4.72 Å². The lowest BCUT2D eigenvalue weighted by Gasteiger charge is -2.11. The van der Waals surface area contributed by atoms with E-state index in [0.29, 0.717) is 5.56 Å². The minimum Gasteiger partial charge on any atom is -0.263 e. The van der Waals surface area contributed by atoms with Crippen LogP contribution in [0, 0.1) is 12.7 Å². The van der Waals surface area contributed by atoms with E-state index >= 15 is 0 Å². The van der Waals surface area contributed by atoms with E-state index in [9.17, 15) is 12.8 Å². The van der Waals surface area contributed by atoms with Crippen LogP contribution in [0.3, 0.4) is 0 Å². The quantitative estimate of drug-likeness (QED) is 0.883. The molecule has 0 spiro atoms. The van der Waals surface area contributed by atoms with Crippen LogP contribution in [-0.4, -0.2) is 13.4 Å². The third kappa shape index (κ3) is 3.28. The molecule has 0 saturated carbocycles. The van der Waals surface area contributed by atoms with Crippen LogP contribution in [0.15, 0.2) is 39.8 Å². The van der Waals surface area contributed by atoms with Crippen molar-refractivity contribution in [1.82, 2.24) is 4.98 Å². The molecule has 0 fully saturated rings. The first kappa shape index (κ1) is 15.2. The van der Waals surface area contributed by atoms with Crippen LogP contribution >= 0.6 is 27.5 Å². The number of pyridine rings is 1. The van der Waals surface area contributed by atoms with Gasteiger partial charge in [-0.15, -0.1) is 0 Å². The van der Waals surface area contributed by atoms with Gasteiger partial charge in [0.15, 0.2) is 0 Å².